The van der Waals surface area contributed by atoms with E-state index in [0.29, 0.717) is 12.5 Å². The predicted octanol–water partition coefficient (Wildman–Crippen LogP) is 4.28. The number of hydrogen-bond donors (Lipinski definition) is 1. The quantitative estimate of drug-likeness (QED) is 0.849. The first kappa shape index (κ1) is 14.6. The maximum absolute atomic E-state index is 6.18. The molecule has 2 aromatic rings. The Hall–Kier alpha value is -1.80. The summed E-state index contributed by atoms with van der Waals surface area (Å²) >= 11 is 0. The Bertz CT molecular complexity index is 524. The van der Waals surface area contributed by atoms with Crippen LogP contribution >= 0.6 is 0 Å². The number of hydrogen-bond acceptors (Lipinski definition) is 2. The van der Waals surface area contributed by atoms with E-state index in [1.165, 1.54) is 5.56 Å². The molecule has 0 fully saturated rings. The molecule has 0 aliphatic rings. The number of benzene rings is 2. The number of rotatable bonds is 6. The SMILES string of the molecule is CCC(C)c1ccccc1OC(CN)c1ccccc1. The van der Waals surface area contributed by atoms with Crippen LogP contribution in [0.2, 0.25) is 0 Å². The van der Waals surface area contributed by atoms with Crippen LogP contribution in [0.1, 0.15) is 43.4 Å². The Labute approximate surface area is 121 Å². The predicted molar refractivity (Wildman–Crippen MR) is 84.0 cm³/mol. The first-order valence-corrected chi connectivity index (χ1v) is 7.26. The number of nitrogens with two attached hydrogens (primary N) is 1. The van der Waals surface area contributed by atoms with E-state index < -0.39 is 0 Å². The van der Waals surface area contributed by atoms with Gasteiger partial charge in [-0.05, 0) is 29.5 Å². The molecule has 2 aromatic carbocycles. The second kappa shape index (κ2) is 7.11. The third-order valence-corrected chi connectivity index (χ3v) is 3.72. The van der Waals surface area contributed by atoms with Gasteiger partial charge in [-0.25, -0.2) is 0 Å². The smallest absolute Gasteiger partial charge is 0.136 e. The van der Waals surface area contributed by atoms with Gasteiger partial charge in [0.15, 0.2) is 0 Å². The van der Waals surface area contributed by atoms with E-state index >= 15 is 0 Å². The fourth-order valence-electron chi connectivity index (χ4n) is 2.29. The molecule has 0 aliphatic heterocycles. The largest absolute Gasteiger partial charge is 0.484 e. The summed E-state index contributed by atoms with van der Waals surface area (Å²) in [7, 11) is 0. The summed E-state index contributed by atoms with van der Waals surface area (Å²) in [5, 5.41) is 0. The molecular weight excluding hydrogens is 246 g/mol. The third kappa shape index (κ3) is 3.40. The van der Waals surface area contributed by atoms with Gasteiger partial charge in [0.1, 0.15) is 11.9 Å². The van der Waals surface area contributed by atoms with Crippen molar-refractivity contribution in [3.05, 3.63) is 65.7 Å². The zero-order valence-electron chi connectivity index (χ0n) is 12.3. The van der Waals surface area contributed by atoms with Crippen LogP contribution in [0.4, 0.5) is 0 Å². The molecule has 0 radical (unpaired) electrons. The summed E-state index contributed by atoms with van der Waals surface area (Å²) < 4.78 is 6.18. The first-order valence-electron chi connectivity index (χ1n) is 7.26. The van der Waals surface area contributed by atoms with Crippen molar-refractivity contribution in [1.29, 1.82) is 0 Å². The minimum Gasteiger partial charge on any atom is -0.484 e. The summed E-state index contributed by atoms with van der Waals surface area (Å²) in [4.78, 5) is 0. The topological polar surface area (TPSA) is 35.2 Å². The minimum absolute atomic E-state index is 0.0959. The molecule has 2 atom stereocenters. The highest BCUT2D eigenvalue weighted by molar-refractivity contribution is 5.36. The van der Waals surface area contributed by atoms with Crippen LogP contribution in [0, 0.1) is 0 Å². The summed E-state index contributed by atoms with van der Waals surface area (Å²) in [5.74, 6) is 1.43. The summed E-state index contributed by atoms with van der Waals surface area (Å²) in [5.41, 5.74) is 8.26. The molecule has 0 aromatic heterocycles. The lowest BCUT2D eigenvalue weighted by molar-refractivity contribution is 0.211. The maximum Gasteiger partial charge on any atom is 0.136 e. The molecule has 20 heavy (non-hydrogen) atoms. The molecule has 0 bridgehead atoms. The molecule has 2 unspecified atom stereocenters. The molecular formula is C18H23NO. The summed E-state index contributed by atoms with van der Waals surface area (Å²) in [6.07, 6.45) is 1.00. The van der Waals surface area contributed by atoms with Crippen molar-refractivity contribution in [2.75, 3.05) is 6.54 Å². The standard InChI is InChI=1S/C18H23NO/c1-3-14(2)16-11-7-8-12-17(16)20-18(13-19)15-9-5-4-6-10-15/h4-12,14,18H,3,13,19H2,1-2H3. The van der Waals surface area contributed by atoms with E-state index in [0.717, 1.165) is 17.7 Å². The van der Waals surface area contributed by atoms with Crippen molar-refractivity contribution in [3.8, 4) is 5.75 Å². The van der Waals surface area contributed by atoms with E-state index in [1.54, 1.807) is 0 Å². The molecule has 2 heteroatoms. The van der Waals surface area contributed by atoms with Crippen LogP contribution < -0.4 is 10.5 Å². The van der Waals surface area contributed by atoms with Gasteiger partial charge in [-0.3, -0.25) is 0 Å². The van der Waals surface area contributed by atoms with E-state index in [2.05, 4.69) is 38.1 Å². The lowest BCUT2D eigenvalue weighted by Crippen LogP contribution is -2.19. The fraction of sp³-hybridized carbons (Fsp3) is 0.333. The lowest BCUT2D eigenvalue weighted by atomic mass is 9.97. The van der Waals surface area contributed by atoms with Gasteiger partial charge in [0.25, 0.3) is 0 Å². The van der Waals surface area contributed by atoms with Crippen LogP contribution in [-0.4, -0.2) is 6.54 Å². The van der Waals surface area contributed by atoms with Crippen LogP contribution in [0.25, 0.3) is 0 Å². The van der Waals surface area contributed by atoms with Crippen molar-refractivity contribution in [2.24, 2.45) is 5.73 Å². The highest BCUT2D eigenvalue weighted by Crippen LogP contribution is 2.31. The van der Waals surface area contributed by atoms with Gasteiger partial charge < -0.3 is 10.5 Å². The Kier molecular flexibility index (Phi) is 5.19. The second-order valence-electron chi connectivity index (χ2n) is 5.10. The zero-order chi connectivity index (χ0) is 14.4. The van der Waals surface area contributed by atoms with E-state index in [9.17, 15) is 0 Å². The molecule has 0 amide bonds. The monoisotopic (exact) mass is 269 g/mol. The van der Waals surface area contributed by atoms with Crippen LogP contribution in [0.3, 0.4) is 0 Å². The highest BCUT2D eigenvalue weighted by Gasteiger charge is 2.15. The van der Waals surface area contributed by atoms with Gasteiger partial charge in [0.2, 0.25) is 0 Å². The van der Waals surface area contributed by atoms with Crippen molar-refractivity contribution >= 4 is 0 Å². The van der Waals surface area contributed by atoms with E-state index in [4.69, 9.17) is 10.5 Å². The fourth-order valence-corrected chi connectivity index (χ4v) is 2.29. The zero-order valence-corrected chi connectivity index (χ0v) is 12.3. The molecule has 0 heterocycles. The Morgan fingerprint density at radius 1 is 1.00 bits per heavy atom. The third-order valence-electron chi connectivity index (χ3n) is 3.72. The van der Waals surface area contributed by atoms with Crippen LogP contribution in [0.15, 0.2) is 54.6 Å². The molecule has 2 N–H and O–H groups in total. The number of para-hydroxylation sites is 1. The van der Waals surface area contributed by atoms with Gasteiger partial charge in [-0.15, -0.1) is 0 Å². The molecule has 2 nitrogen and oxygen atoms in total. The molecule has 0 saturated carbocycles. The molecule has 0 spiro atoms. The van der Waals surface area contributed by atoms with Gasteiger partial charge in [-0.1, -0.05) is 62.4 Å². The Morgan fingerprint density at radius 3 is 2.30 bits per heavy atom. The van der Waals surface area contributed by atoms with Gasteiger partial charge in [-0.2, -0.15) is 0 Å². The van der Waals surface area contributed by atoms with Crippen molar-refractivity contribution in [3.63, 3.8) is 0 Å². The van der Waals surface area contributed by atoms with Gasteiger partial charge >= 0.3 is 0 Å². The lowest BCUT2D eigenvalue weighted by Gasteiger charge is -2.22. The van der Waals surface area contributed by atoms with E-state index in [1.807, 2.05) is 30.3 Å². The first-order chi connectivity index (χ1) is 9.76. The Morgan fingerprint density at radius 2 is 1.65 bits per heavy atom. The maximum atomic E-state index is 6.18. The van der Waals surface area contributed by atoms with Gasteiger partial charge in [0.05, 0.1) is 0 Å². The van der Waals surface area contributed by atoms with Crippen molar-refractivity contribution in [1.82, 2.24) is 0 Å². The minimum atomic E-state index is -0.0959. The average molecular weight is 269 g/mol. The second-order valence-corrected chi connectivity index (χ2v) is 5.10. The molecule has 106 valence electrons. The number of ether oxygens (including phenoxy) is 1. The Balaban J connectivity index is 2.24. The van der Waals surface area contributed by atoms with E-state index in [-0.39, 0.29) is 6.10 Å². The van der Waals surface area contributed by atoms with Crippen LogP contribution in [-0.2, 0) is 0 Å². The normalized spacial score (nSPS) is 13.8. The molecule has 0 saturated heterocycles. The van der Waals surface area contributed by atoms with Crippen LogP contribution in [0.5, 0.6) is 5.75 Å². The van der Waals surface area contributed by atoms with Gasteiger partial charge in [0, 0.05) is 6.54 Å². The highest BCUT2D eigenvalue weighted by atomic mass is 16.5. The summed E-state index contributed by atoms with van der Waals surface area (Å²) in [6.45, 7) is 4.89. The molecule has 0 aliphatic carbocycles. The summed E-state index contributed by atoms with van der Waals surface area (Å²) in [6, 6.07) is 18.4. The average Bonchev–Trinajstić information content (AvgIpc) is 2.53. The van der Waals surface area contributed by atoms with Crippen molar-refractivity contribution < 1.29 is 4.74 Å². The molecule has 2 rings (SSSR count). The van der Waals surface area contributed by atoms with Crippen molar-refractivity contribution in [2.45, 2.75) is 32.3 Å².